The molecule has 0 amide bonds. The maximum Gasteiger partial charge on any atom is 0.0431 e. The van der Waals surface area contributed by atoms with Gasteiger partial charge < -0.3 is 5.11 Å². The molecule has 56 valence electrons. The Morgan fingerprint density at radius 1 is 1.11 bits per heavy atom. The molecule has 0 heterocycles. The number of aliphatic hydroxyl groups is 1. The first-order valence-electron chi connectivity index (χ1n) is 3.02. The zero-order valence-corrected chi connectivity index (χ0v) is 8.27. The molecule has 0 bridgehead atoms. The summed E-state index contributed by atoms with van der Waals surface area (Å²) < 4.78 is 0. The van der Waals surface area contributed by atoms with Gasteiger partial charge in [0.2, 0.25) is 0 Å². The normalized spacial score (nSPS) is 7.33. The van der Waals surface area contributed by atoms with E-state index >= 15 is 0 Å². The zero-order chi connectivity index (χ0) is 5.54. The molecule has 1 N–H and O–H groups in total. The van der Waals surface area contributed by atoms with E-state index in [1.807, 2.05) is 0 Å². The van der Waals surface area contributed by atoms with Crippen LogP contribution in [-0.2, 0) is 21.7 Å². The molecule has 0 fully saturated rings. The van der Waals surface area contributed by atoms with E-state index in [1.165, 1.54) is 19.3 Å². The van der Waals surface area contributed by atoms with Crippen LogP contribution in [0.3, 0.4) is 0 Å². The van der Waals surface area contributed by atoms with Gasteiger partial charge in [-0.2, -0.15) is 0 Å². The van der Waals surface area contributed by atoms with Gasteiger partial charge in [0.1, 0.15) is 0 Å². The molecule has 0 rings (SSSR count). The standard InChI is InChI=1S/C6H14O.ClH.Ti/c1-2-3-4-5-6-7;;/h7H,2-6H2,1H3;1H;. The third-order valence-electron chi connectivity index (χ3n) is 1.01. The van der Waals surface area contributed by atoms with Crippen molar-refractivity contribution in [3.8, 4) is 0 Å². The van der Waals surface area contributed by atoms with Crippen molar-refractivity contribution in [2.75, 3.05) is 6.61 Å². The predicted octanol–water partition coefficient (Wildman–Crippen LogP) is 1.98. The van der Waals surface area contributed by atoms with Crippen LogP contribution in [0.2, 0.25) is 0 Å². The van der Waals surface area contributed by atoms with Gasteiger partial charge in [-0.05, 0) is 6.42 Å². The molecule has 0 aromatic carbocycles. The number of halogens is 1. The van der Waals surface area contributed by atoms with E-state index in [2.05, 4.69) is 6.92 Å². The van der Waals surface area contributed by atoms with E-state index in [-0.39, 0.29) is 34.1 Å². The minimum atomic E-state index is 0. The number of hydrogen-bond acceptors (Lipinski definition) is 1. The number of rotatable bonds is 4. The number of unbranched alkanes of at least 4 members (excludes halogenated alkanes) is 3. The third kappa shape index (κ3) is 17.6. The maximum absolute atomic E-state index is 8.29. The van der Waals surface area contributed by atoms with Gasteiger partial charge in [-0.3, -0.25) is 0 Å². The van der Waals surface area contributed by atoms with Gasteiger partial charge in [-0.25, -0.2) is 0 Å². The monoisotopic (exact) mass is 186 g/mol. The van der Waals surface area contributed by atoms with Crippen molar-refractivity contribution < 1.29 is 26.8 Å². The van der Waals surface area contributed by atoms with Crippen LogP contribution in [0.4, 0.5) is 0 Å². The summed E-state index contributed by atoms with van der Waals surface area (Å²) in [5, 5.41) is 8.29. The summed E-state index contributed by atoms with van der Waals surface area (Å²) in [4.78, 5) is 0. The van der Waals surface area contributed by atoms with Crippen LogP contribution in [0, 0.1) is 0 Å². The Hall–Kier alpha value is 0.964. The summed E-state index contributed by atoms with van der Waals surface area (Å²) in [5.74, 6) is 0. The van der Waals surface area contributed by atoms with Gasteiger partial charge in [0, 0.05) is 28.3 Å². The minimum Gasteiger partial charge on any atom is -0.396 e. The zero-order valence-electron chi connectivity index (χ0n) is 5.89. The molecule has 0 spiro atoms. The van der Waals surface area contributed by atoms with E-state index < -0.39 is 0 Å². The van der Waals surface area contributed by atoms with Gasteiger partial charge in [0.25, 0.3) is 0 Å². The molecule has 0 aliphatic rings. The molecular weight excluding hydrogens is 171 g/mol. The van der Waals surface area contributed by atoms with Crippen LogP contribution in [0.1, 0.15) is 32.6 Å². The Kier molecular flexibility index (Phi) is 29.3. The van der Waals surface area contributed by atoms with E-state index in [0.29, 0.717) is 6.61 Å². The van der Waals surface area contributed by atoms with Gasteiger partial charge in [0.15, 0.2) is 0 Å². The Bertz CT molecular complexity index is 32.2. The average molecular weight is 187 g/mol. The summed E-state index contributed by atoms with van der Waals surface area (Å²) in [7, 11) is 0. The summed E-state index contributed by atoms with van der Waals surface area (Å²) >= 11 is 0. The molecule has 0 saturated carbocycles. The predicted molar refractivity (Wildman–Crippen MR) is 38.5 cm³/mol. The largest absolute Gasteiger partial charge is 0.396 e. The second-order valence-electron chi connectivity index (χ2n) is 1.78. The number of aliphatic hydroxyl groups excluding tert-OH is 1. The SMILES string of the molecule is CCCCCCO.Cl.[Ti]. The molecule has 9 heavy (non-hydrogen) atoms. The topological polar surface area (TPSA) is 20.2 Å². The van der Waals surface area contributed by atoms with Crippen LogP contribution in [0.25, 0.3) is 0 Å². The van der Waals surface area contributed by atoms with Crippen molar-refractivity contribution in [3.63, 3.8) is 0 Å². The average Bonchev–Trinajstić information content (AvgIpc) is 1.69. The molecule has 0 aliphatic carbocycles. The van der Waals surface area contributed by atoms with Crippen LogP contribution in [0.15, 0.2) is 0 Å². The van der Waals surface area contributed by atoms with Gasteiger partial charge in [0.05, 0.1) is 0 Å². The first kappa shape index (κ1) is 16.5. The van der Waals surface area contributed by atoms with Gasteiger partial charge in [-0.1, -0.05) is 26.2 Å². The van der Waals surface area contributed by atoms with Crippen LogP contribution < -0.4 is 0 Å². The van der Waals surface area contributed by atoms with Crippen LogP contribution >= 0.6 is 12.4 Å². The molecule has 0 saturated heterocycles. The molecular formula is C6H15ClOTi. The van der Waals surface area contributed by atoms with Crippen molar-refractivity contribution in [2.24, 2.45) is 0 Å². The second-order valence-corrected chi connectivity index (χ2v) is 1.78. The molecule has 0 aromatic heterocycles. The molecule has 0 aromatic rings. The Balaban J connectivity index is -0.000000180. The minimum absolute atomic E-state index is 0. The van der Waals surface area contributed by atoms with E-state index in [4.69, 9.17) is 5.11 Å². The number of hydrogen-bond donors (Lipinski definition) is 1. The Morgan fingerprint density at radius 2 is 1.67 bits per heavy atom. The molecule has 0 aliphatic heterocycles. The van der Waals surface area contributed by atoms with E-state index in [1.54, 1.807) is 0 Å². The summed E-state index contributed by atoms with van der Waals surface area (Å²) in [5.41, 5.74) is 0. The van der Waals surface area contributed by atoms with E-state index in [9.17, 15) is 0 Å². The molecule has 0 atom stereocenters. The van der Waals surface area contributed by atoms with E-state index in [0.717, 1.165) is 6.42 Å². The molecule has 0 radical (unpaired) electrons. The van der Waals surface area contributed by atoms with Crippen LogP contribution in [-0.4, -0.2) is 11.7 Å². The second kappa shape index (κ2) is 16.0. The third-order valence-corrected chi connectivity index (χ3v) is 1.01. The van der Waals surface area contributed by atoms with Gasteiger partial charge in [-0.15, -0.1) is 12.4 Å². The van der Waals surface area contributed by atoms with Crippen molar-refractivity contribution in [2.45, 2.75) is 32.6 Å². The molecule has 0 unspecified atom stereocenters. The summed E-state index contributed by atoms with van der Waals surface area (Å²) in [6.07, 6.45) is 4.68. The molecule has 3 heteroatoms. The molecule has 1 nitrogen and oxygen atoms in total. The van der Waals surface area contributed by atoms with Gasteiger partial charge >= 0.3 is 0 Å². The van der Waals surface area contributed by atoms with Crippen LogP contribution in [0.5, 0.6) is 0 Å². The fraction of sp³-hybridized carbons (Fsp3) is 1.00. The fourth-order valence-corrected chi connectivity index (χ4v) is 0.539. The summed E-state index contributed by atoms with van der Waals surface area (Å²) in [6, 6.07) is 0. The summed E-state index contributed by atoms with van der Waals surface area (Å²) in [6.45, 7) is 2.53. The Morgan fingerprint density at radius 3 is 2.00 bits per heavy atom. The fourth-order valence-electron chi connectivity index (χ4n) is 0.539. The smallest absolute Gasteiger partial charge is 0.0431 e. The van der Waals surface area contributed by atoms with Crippen molar-refractivity contribution >= 4 is 12.4 Å². The van der Waals surface area contributed by atoms with Crippen molar-refractivity contribution in [1.82, 2.24) is 0 Å². The Labute approximate surface area is 78.5 Å². The quantitative estimate of drug-likeness (QED) is 0.526. The van der Waals surface area contributed by atoms with Crippen molar-refractivity contribution in [1.29, 1.82) is 0 Å². The maximum atomic E-state index is 8.29. The first-order valence-corrected chi connectivity index (χ1v) is 3.02. The first-order chi connectivity index (χ1) is 3.41. The van der Waals surface area contributed by atoms with Crippen molar-refractivity contribution in [3.05, 3.63) is 0 Å².